The number of carbonyl (C=O) groups is 1. The topological polar surface area (TPSA) is 59.6 Å². The molecule has 1 aliphatic heterocycles. The van der Waals surface area contributed by atoms with Gasteiger partial charge in [-0.1, -0.05) is 6.07 Å². The van der Waals surface area contributed by atoms with E-state index in [-0.39, 0.29) is 12.1 Å². The Morgan fingerprint density at radius 2 is 2.35 bits per heavy atom. The monoisotopic (exact) mass is 298 g/mol. The van der Waals surface area contributed by atoms with Crippen molar-refractivity contribution in [1.29, 1.82) is 0 Å². The fourth-order valence-electron chi connectivity index (χ4n) is 2.40. The molecule has 1 atom stereocenters. The first-order chi connectivity index (χ1) is 9.81. The number of thiophene rings is 1. The van der Waals surface area contributed by atoms with Gasteiger partial charge in [0.1, 0.15) is 0 Å². The van der Waals surface area contributed by atoms with Crippen LogP contribution in [0.4, 0.5) is 4.79 Å². The molecule has 0 aromatic carbocycles. The number of urea groups is 1. The van der Waals surface area contributed by atoms with Crippen molar-refractivity contribution in [2.45, 2.75) is 18.9 Å². The van der Waals surface area contributed by atoms with Crippen LogP contribution in [0.5, 0.6) is 0 Å². The summed E-state index contributed by atoms with van der Waals surface area (Å²) >= 11 is 1.69. The molecule has 0 spiro atoms. The summed E-state index contributed by atoms with van der Waals surface area (Å²) in [5.74, 6) is 0.440. The van der Waals surface area contributed by atoms with Gasteiger partial charge in [0.15, 0.2) is 0 Å². The maximum Gasteiger partial charge on any atom is 0.315 e. The molecule has 0 bridgehead atoms. The Morgan fingerprint density at radius 3 is 3.00 bits per heavy atom. The molecule has 20 heavy (non-hydrogen) atoms. The largest absolute Gasteiger partial charge is 0.383 e. The highest BCUT2D eigenvalue weighted by atomic mass is 32.1. The predicted octanol–water partition coefficient (Wildman–Crippen LogP) is 2.16. The van der Waals surface area contributed by atoms with Gasteiger partial charge in [0, 0.05) is 31.7 Å². The maximum absolute atomic E-state index is 12.0. The zero-order valence-electron chi connectivity index (χ0n) is 11.8. The molecular formula is C14H22N2O3S. The number of amides is 2. The van der Waals surface area contributed by atoms with Crippen LogP contribution < -0.4 is 10.6 Å². The van der Waals surface area contributed by atoms with Gasteiger partial charge in [-0.05, 0) is 30.2 Å². The van der Waals surface area contributed by atoms with Crippen molar-refractivity contribution >= 4 is 17.4 Å². The van der Waals surface area contributed by atoms with Crippen LogP contribution >= 0.6 is 11.3 Å². The number of hydrogen-bond acceptors (Lipinski definition) is 4. The van der Waals surface area contributed by atoms with E-state index in [4.69, 9.17) is 9.47 Å². The van der Waals surface area contributed by atoms with Gasteiger partial charge in [-0.2, -0.15) is 0 Å². The van der Waals surface area contributed by atoms with Crippen LogP contribution in [0, 0.1) is 5.92 Å². The number of rotatable bonds is 6. The first-order valence-electron chi connectivity index (χ1n) is 6.95. The fourth-order valence-corrected chi connectivity index (χ4v) is 3.27. The molecule has 1 aromatic heterocycles. The minimum absolute atomic E-state index is 0.0708. The maximum atomic E-state index is 12.0. The van der Waals surface area contributed by atoms with E-state index in [1.807, 2.05) is 11.4 Å². The van der Waals surface area contributed by atoms with Gasteiger partial charge in [0.05, 0.1) is 12.6 Å². The van der Waals surface area contributed by atoms with Crippen molar-refractivity contribution in [2.75, 3.05) is 33.5 Å². The molecule has 0 aliphatic carbocycles. The summed E-state index contributed by atoms with van der Waals surface area (Å²) in [7, 11) is 1.62. The predicted molar refractivity (Wildman–Crippen MR) is 79.0 cm³/mol. The fraction of sp³-hybridized carbons (Fsp3) is 0.643. The second-order valence-corrected chi connectivity index (χ2v) is 5.82. The Balaban J connectivity index is 1.94. The molecule has 0 radical (unpaired) electrons. The third-order valence-electron chi connectivity index (χ3n) is 3.47. The first-order valence-corrected chi connectivity index (χ1v) is 7.83. The molecule has 2 N–H and O–H groups in total. The number of carbonyl (C=O) groups excluding carboxylic acids is 1. The third-order valence-corrected chi connectivity index (χ3v) is 4.42. The Bertz CT molecular complexity index is 391. The zero-order chi connectivity index (χ0) is 14.2. The summed E-state index contributed by atoms with van der Waals surface area (Å²) in [5.41, 5.74) is 0. The van der Waals surface area contributed by atoms with E-state index in [0.29, 0.717) is 19.1 Å². The van der Waals surface area contributed by atoms with Crippen molar-refractivity contribution in [3.05, 3.63) is 22.4 Å². The SMILES string of the molecule is COCCNC(=O)NC(c1cccs1)C1CCOCC1. The van der Waals surface area contributed by atoms with E-state index < -0.39 is 0 Å². The van der Waals surface area contributed by atoms with Gasteiger partial charge in [-0.25, -0.2) is 4.79 Å². The summed E-state index contributed by atoms with van der Waals surface area (Å²) in [6, 6.07) is 4.05. The van der Waals surface area contributed by atoms with E-state index in [1.165, 1.54) is 4.88 Å². The van der Waals surface area contributed by atoms with E-state index >= 15 is 0 Å². The van der Waals surface area contributed by atoms with Crippen LogP contribution in [0.2, 0.25) is 0 Å². The summed E-state index contributed by atoms with van der Waals surface area (Å²) in [6.45, 7) is 2.60. The van der Waals surface area contributed by atoms with Gasteiger partial charge in [-0.3, -0.25) is 0 Å². The van der Waals surface area contributed by atoms with Gasteiger partial charge in [0.25, 0.3) is 0 Å². The smallest absolute Gasteiger partial charge is 0.315 e. The van der Waals surface area contributed by atoms with Crippen LogP contribution in [-0.4, -0.2) is 39.5 Å². The van der Waals surface area contributed by atoms with Crippen LogP contribution in [-0.2, 0) is 9.47 Å². The normalized spacial score (nSPS) is 17.6. The Hall–Kier alpha value is -1.11. The number of methoxy groups -OCH3 is 1. The van der Waals surface area contributed by atoms with Gasteiger partial charge in [0.2, 0.25) is 0 Å². The Morgan fingerprint density at radius 1 is 1.55 bits per heavy atom. The molecule has 0 saturated carbocycles. The molecule has 5 nitrogen and oxygen atoms in total. The van der Waals surface area contributed by atoms with E-state index in [0.717, 1.165) is 26.1 Å². The van der Waals surface area contributed by atoms with Crippen LogP contribution in [0.1, 0.15) is 23.8 Å². The number of nitrogens with one attached hydrogen (secondary N) is 2. The molecule has 2 rings (SSSR count). The van der Waals surface area contributed by atoms with Gasteiger partial charge >= 0.3 is 6.03 Å². The highest BCUT2D eigenvalue weighted by Gasteiger charge is 2.27. The number of hydrogen-bond donors (Lipinski definition) is 2. The molecule has 1 aliphatic rings. The molecule has 6 heteroatoms. The minimum atomic E-state index is -0.132. The van der Waals surface area contributed by atoms with Gasteiger partial charge in [-0.15, -0.1) is 11.3 Å². The molecule has 1 unspecified atom stereocenters. The highest BCUT2D eigenvalue weighted by molar-refractivity contribution is 7.10. The average molecular weight is 298 g/mol. The standard InChI is InChI=1S/C14H22N2O3S/c1-18-9-6-15-14(17)16-13(12-3-2-10-20-12)11-4-7-19-8-5-11/h2-3,10-11,13H,4-9H2,1H3,(H2,15,16,17). The van der Waals surface area contributed by atoms with E-state index in [1.54, 1.807) is 18.4 Å². The van der Waals surface area contributed by atoms with Crippen molar-refractivity contribution < 1.29 is 14.3 Å². The Kier molecular flexibility index (Phi) is 6.29. The molecule has 1 saturated heterocycles. The average Bonchev–Trinajstić information content (AvgIpc) is 3.00. The highest BCUT2D eigenvalue weighted by Crippen LogP contribution is 2.32. The lowest BCUT2D eigenvalue weighted by molar-refractivity contribution is 0.0552. The minimum Gasteiger partial charge on any atom is -0.383 e. The van der Waals surface area contributed by atoms with Crippen molar-refractivity contribution in [1.82, 2.24) is 10.6 Å². The van der Waals surface area contributed by atoms with Crippen molar-refractivity contribution in [3.63, 3.8) is 0 Å². The van der Waals surface area contributed by atoms with E-state index in [2.05, 4.69) is 16.7 Å². The van der Waals surface area contributed by atoms with Crippen LogP contribution in [0.25, 0.3) is 0 Å². The molecule has 112 valence electrons. The second-order valence-electron chi connectivity index (χ2n) is 4.84. The molecule has 2 heterocycles. The van der Waals surface area contributed by atoms with Crippen LogP contribution in [0.15, 0.2) is 17.5 Å². The lowest BCUT2D eigenvalue weighted by atomic mass is 9.91. The summed E-state index contributed by atoms with van der Waals surface area (Å²) in [6.07, 6.45) is 1.97. The summed E-state index contributed by atoms with van der Waals surface area (Å²) < 4.78 is 10.3. The zero-order valence-corrected chi connectivity index (χ0v) is 12.6. The van der Waals surface area contributed by atoms with E-state index in [9.17, 15) is 4.79 Å². The van der Waals surface area contributed by atoms with Gasteiger partial charge < -0.3 is 20.1 Å². The molecule has 2 amide bonds. The number of ether oxygens (including phenoxy) is 2. The second kappa shape index (κ2) is 8.24. The summed E-state index contributed by atoms with van der Waals surface area (Å²) in [4.78, 5) is 13.2. The molecule has 1 aromatic rings. The van der Waals surface area contributed by atoms with Crippen molar-refractivity contribution in [2.24, 2.45) is 5.92 Å². The Labute approximate surface area is 123 Å². The van der Waals surface area contributed by atoms with Crippen molar-refractivity contribution in [3.8, 4) is 0 Å². The lowest BCUT2D eigenvalue weighted by Crippen LogP contribution is -2.42. The summed E-state index contributed by atoms with van der Waals surface area (Å²) in [5, 5.41) is 7.96. The third kappa shape index (κ3) is 4.47. The van der Waals surface area contributed by atoms with Crippen LogP contribution in [0.3, 0.4) is 0 Å². The lowest BCUT2D eigenvalue weighted by Gasteiger charge is -2.30. The first kappa shape index (κ1) is 15.3. The quantitative estimate of drug-likeness (QED) is 0.791. The molecule has 1 fully saturated rings. The molecular weight excluding hydrogens is 276 g/mol.